The molecular formula is C9H11N3O. The maximum Gasteiger partial charge on any atom is 0.213 e. The van der Waals surface area contributed by atoms with Crippen LogP contribution in [0.1, 0.15) is 11.3 Å². The van der Waals surface area contributed by atoms with Crippen LogP contribution in [0, 0.1) is 13.8 Å². The number of hydrogen-bond donors (Lipinski definition) is 1. The Labute approximate surface area is 75.8 Å². The number of aromatic nitrogens is 3. The molecule has 0 aliphatic rings. The van der Waals surface area contributed by atoms with E-state index in [-0.39, 0.29) is 5.88 Å². The molecule has 2 heterocycles. The standard InChI is InChI=1S/C9H11N3O/c1-5-4-7(13)10-9-8(5)6(2)11-12(9)3/h4H,1-3H3,(H,10,13). The molecule has 0 radical (unpaired) electrons. The predicted molar refractivity (Wildman–Crippen MR) is 49.6 cm³/mol. The fraction of sp³-hybridized carbons (Fsp3) is 0.333. The number of hydrogen-bond acceptors (Lipinski definition) is 3. The molecule has 0 bridgehead atoms. The molecular weight excluding hydrogens is 166 g/mol. The van der Waals surface area contributed by atoms with Crippen LogP contribution in [-0.2, 0) is 7.05 Å². The average molecular weight is 177 g/mol. The summed E-state index contributed by atoms with van der Waals surface area (Å²) in [6, 6.07) is 1.65. The van der Waals surface area contributed by atoms with Crippen LogP contribution in [0.5, 0.6) is 5.88 Å². The highest BCUT2D eigenvalue weighted by atomic mass is 16.3. The summed E-state index contributed by atoms with van der Waals surface area (Å²) < 4.78 is 1.68. The first kappa shape index (κ1) is 8.04. The zero-order valence-electron chi connectivity index (χ0n) is 7.87. The van der Waals surface area contributed by atoms with Crippen LogP contribution in [0.15, 0.2) is 6.07 Å². The molecule has 0 saturated heterocycles. The molecule has 0 aromatic carbocycles. The quantitative estimate of drug-likeness (QED) is 0.659. The van der Waals surface area contributed by atoms with Crippen molar-refractivity contribution >= 4 is 11.0 Å². The van der Waals surface area contributed by atoms with Gasteiger partial charge in [0.15, 0.2) is 5.65 Å². The summed E-state index contributed by atoms with van der Waals surface area (Å²) in [4.78, 5) is 4.01. The van der Waals surface area contributed by atoms with E-state index in [2.05, 4.69) is 10.1 Å². The van der Waals surface area contributed by atoms with Gasteiger partial charge in [-0.3, -0.25) is 4.68 Å². The van der Waals surface area contributed by atoms with Gasteiger partial charge >= 0.3 is 0 Å². The van der Waals surface area contributed by atoms with E-state index in [0.29, 0.717) is 0 Å². The maximum absolute atomic E-state index is 9.29. The molecule has 2 aromatic rings. The second kappa shape index (κ2) is 2.45. The van der Waals surface area contributed by atoms with Gasteiger partial charge in [-0.05, 0) is 19.4 Å². The normalized spacial score (nSPS) is 11.0. The van der Waals surface area contributed by atoms with Gasteiger partial charge in [0.05, 0.1) is 5.69 Å². The fourth-order valence-electron chi connectivity index (χ4n) is 1.64. The Bertz CT molecular complexity index is 473. The lowest BCUT2D eigenvalue weighted by Gasteiger charge is -1.98. The summed E-state index contributed by atoms with van der Waals surface area (Å²) in [7, 11) is 1.82. The summed E-state index contributed by atoms with van der Waals surface area (Å²) in [5, 5.41) is 14.6. The molecule has 0 amide bonds. The molecule has 68 valence electrons. The summed E-state index contributed by atoms with van der Waals surface area (Å²) in [5.41, 5.74) is 2.69. The molecule has 0 atom stereocenters. The van der Waals surface area contributed by atoms with Crippen molar-refractivity contribution in [2.75, 3.05) is 0 Å². The number of aromatic hydroxyl groups is 1. The second-order valence-corrected chi connectivity index (χ2v) is 3.20. The Kier molecular flexibility index (Phi) is 1.52. The topological polar surface area (TPSA) is 50.9 Å². The van der Waals surface area contributed by atoms with Crippen molar-refractivity contribution in [2.45, 2.75) is 13.8 Å². The molecule has 2 rings (SSSR count). The van der Waals surface area contributed by atoms with Gasteiger partial charge in [-0.25, -0.2) is 0 Å². The Hall–Kier alpha value is -1.58. The van der Waals surface area contributed by atoms with Crippen LogP contribution >= 0.6 is 0 Å². The van der Waals surface area contributed by atoms with E-state index in [1.807, 2.05) is 20.9 Å². The van der Waals surface area contributed by atoms with Crippen LogP contribution in [0.25, 0.3) is 11.0 Å². The molecule has 0 aliphatic carbocycles. The SMILES string of the molecule is Cc1cc(O)nc2c1c(C)nn2C. The monoisotopic (exact) mass is 177 g/mol. The number of aryl methyl sites for hydroxylation is 3. The zero-order valence-corrected chi connectivity index (χ0v) is 7.87. The number of nitrogens with zero attached hydrogens (tertiary/aromatic N) is 3. The Morgan fingerprint density at radius 2 is 2.08 bits per heavy atom. The van der Waals surface area contributed by atoms with Crippen molar-refractivity contribution in [3.63, 3.8) is 0 Å². The lowest BCUT2D eigenvalue weighted by atomic mass is 10.2. The lowest BCUT2D eigenvalue weighted by Crippen LogP contribution is -1.92. The van der Waals surface area contributed by atoms with E-state index in [9.17, 15) is 5.11 Å². The van der Waals surface area contributed by atoms with E-state index in [0.717, 1.165) is 22.3 Å². The van der Waals surface area contributed by atoms with Crippen molar-refractivity contribution in [3.05, 3.63) is 17.3 Å². The molecule has 2 aromatic heterocycles. The minimum atomic E-state index is 0.0491. The molecule has 1 N–H and O–H groups in total. The first-order valence-corrected chi connectivity index (χ1v) is 4.09. The van der Waals surface area contributed by atoms with Gasteiger partial charge in [0.2, 0.25) is 5.88 Å². The summed E-state index contributed by atoms with van der Waals surface area (Å²) >= 11 is 0. The van der Waals surface area contributed by atoms with Gasteiger partial charge in [-0.2, -0.15) is 10.1 Å². The summed E-state index contributed by atoms with van der Waals surface area (Å²) in [6.45, 7) is 3.88. The Morgan fingerprint density at radius 1 is 1.38 bits per heavy atom. The van der Waals surface area contributed by atoms with Gasteiger partial charge in [0.1, 0.15) is 0 Å². The van der Waals surface area contributed by atoms with E-state index in [1.54, 1.807) is 10.7 Å². The van der Waals surface area contributed by atoms with Crippen LogP contribution < -0.4 is 0 Å². The largest absolute Gasteiger partial charge is 0.493 e. The van der Waals surface area contributed by atoms with E-state index in [4.69, 9.17) is 0 Å². The number of pyridine rings is 1. The molecule has 0 unspecified atom stereocenters. The summed E-state index contributed by atoms with van der Waals surface area (Å²) in [5.74, 6) is 0.0491. The highest BCUT2D eigenvalue weighted by molar-refractivity contribution is 5.82. The molecule has 4 nitrogen and oxygen atoms in total. The van der Waals surface area contributed by atoms with E-state index >= 15 is 0 Å². The van der Waals surface area contributed by atoms with Crippen molar-refractivity contribution in [3.8, 4) is 5.88 Å². The number of rotatable bonds is 0. The molecule has 0 fully saturated rings. The van der Waals surface area contributed by atoms with Gasteiger partial charge < -0.3 is 5.11 Å². The van der Waals surface area contributed by atoms with Gasteiger partial charge in [-0.1, -0.05) is 0 Å². The first-order valence-electron chi connectivity index (χ1n) is 4.09. The predicted octanol–water partition coefficient (Wildman–Crippen LogP) is 1.29. The average Bonchev–Trinajstić information content (AvgIpc) is 2.27. The third kappa shape index (κ3) is 1.06. The molecule has 13 heavy (non-hydrogen) atoms. The molecule has 0 spiro atoms. The van der Waals surface area contributed by atoms with E-state index < -0.39 is 0 Å². The van der Waals surface area contributed by atoms with Crippen LogP contribution in [-0.4, -0.2) is 19.9 Å². The minimum Gasteiger partial charge on any atom is -0.493 e. The van der Waals surface area contributed by atoms with Crippen LogP contribution in [0.2, 0.25) is 0 Å². The molecule has 4 heteroatoms. The first-order chi connectivity index (χ1) is 6.09. The van der Waals surface area contributed by atoms with E-state index in [1.165, 1.54) is 0 Å². The van der Waals surface area contributed by atoms with Crippen LogP contribution in [0.3, 0.4) is 0 Å². The van der Waals surface area contributed by atoms with Gasteiger partial charge in [-0.15, -0.1) is 0 Å². The van der Waals surface area contributed by atoms with Crippen molar-refractivity contribution in [1.29, 1.82) is 0 Å². The second-order valence-electron chi connectivity index (χ2n) is 3.20. The zero-order chi connectivity index (χ0) is 9.59. The molecule has 0 saturated carbocycles. The van der Waals surface area contributed by atoms with Gasteiger partial charge in [0.25, 0.3) is 0 Å². The van der Waals surface area contributed by atoms with Gasteiger partial charge in [0, 0.05) is 18.5 Å². The lowest BCUT2D eigenvalue weighted by molar-refractivity contribution is 0.454. The highest BCUT2D eigenvalue weighted by Crippen LogP contribution is 2.22. The van der Waals surface area contributed by atoms with Crippen LogP contribution in [0.4, 0.5) is 0 Å². The Balaban J connectivity index is 2.97. The third-order valence-electron chi connectivity index (χ3n) is 2.15. The Morgan fingerprint density at radius 3 is 2.77 bits per heavy atom. The highest BCUT2D eigenvalue weighted by Gasteiger charge is 2.09. The molecule has 0 aliphatic heterocycles. The minimum absolute atomic E-state index is 0.0491. The number of fused-ring (bicyclic) bond motifs is 1. The van der Waals surface area contributed by atoms with Crippen molar-refractivity contribution < 1.29 is 5.11 Å². The van der Waals surface area contributed by atoms with Crippen molar-refractivity contribution in [2.24, 2.45) is 7.05 Å². The van der Waals surface area contributed by atoms with Crippen molar-refractivity contribution in [1.82, 2.24) is 14.8 Å². The third-order valence-corrected chi connectivity index (χ3v) is 2.15. The summed E-state index contributed by atoms with van der Waals surface area (Å²) in [6.07, 6.45) is 0. The smallest absolute Gasteiger partial charge is 0.213 e. The maximum atomic E-state index is 9.29. The fourth-order valence-corrected chi connectivity index (χ4v) is 1.64.